The molecule has 1 saturated heterocycles. The first kappa shape index (κ1) is 14.0. The van der Waals surface area contributed by atoms with Crippen LogP contribution < -0.4 is 5.32 Å². The van der Waals surface area contributed by atoms with E-state index in [1.54, 1.807) is 13.8 Å². The molecule has 1 heterocycles. The van der Waals surface area contributed by atoms with Gasteiger partial charge in [0.25, 0.3) is 0 Å². The average molecular weight is 268 g/mol. The van der Waals surface area contributed by atoms with Gasteiger partial charge in [0.1, 0.15) is 5.54 Å². The fourth-order valence-electron chi connectivity index (χ4n) is 2.63. The molecule has 0 aromatic rings. The highest BCUT2D eigenvalue weighted by Crippen LogP contribution is 2.32. The summed E-state index contributed by atoms with van der Waals surface area (Å²) < 4.78 is 0. The lowest BCUT2D eigenvalue weighted by Crippen LogP contribution is -2.57. The topological polar surface area (TPSA) is 86.7 Å². The lowest BCUT2D eigenvalue weighted by atomic mass is 9.91. The molecule has 2 amide bonds. The number of hydrogen-bond acceptors (Lipinski definition) is 4. The maximum Gasteiger partial charge on any atom is 0.323 e. The fraction of sp³-hybridized carbons (Fsp3) is 0.769. The van der Waals surface area contributed by atoms with Crippen molar-refractivity contribution < 1.29 is 19.5 Å². The molecule has 2 rings (SSSR count). The number of carboxylic acid groups (broad SMARTS) is 1. The number of aliphatic carboxylic acids is 1. The van der Waals surface area contributed by atoms with Gasteiger partial charge in [0.05, 0.1) is 12.5 Å². The Kier molecular flexibility index (Phi) is 3.62. The van der Waals surface area contributed by atoms with Gasteiger partial charge in [-0.05, 0) is 25.7 Å². The first-order chi connectivity index (χ1) is 8.95. The molecule has 0 aromatic heterocycles. The smallest absolute Gasteiger partial charge is 0.323 e. The second-order valence-corrected chi connectivity index (χ2v) is 5.33. The van der Waals surface area contributed by atoms with Crippen LogP contribution in [0.5, 0.6) is 0 Å². The van der Waals surface area contributed by atoms with Crippen molar-refractivity contribution in [3.8, 4) is 0 Å². The zero-order valence-corrected chi connectivity index (χ0v) is 11.3. The van der Waals surface area contributed by atoms with Gasteiger partial charge in [-0.15, -0.1) is 0 Å². The summed E-state index contributed by atoms with van der Waals surface area (Å²) in [6.07, 6.45) is 2.57. The summed E-state index contributed by atoms with van der Waals surface area (Å²) in [5.74, 6) is -1.42. The summed E-state index contributed by atoms with van der Waals surface area (Å²) in [4.78, 5) is 36.7. The van der Waals surface area contributed by atoms with Crippen molar-refractivity contribution in [2.45, 2.75) is 63.6 Å². The summed E-state index contributed by atoms with van der Waals surface area (Å²) in [5.41, 5.74) is -1.12. The number of nitrogens with one attached hydrogen (secondary N) is 1. The summed E-state index contributed by atoms with van der Waals surface area (Å²) in [7, 11) is 0. The van der Waals surface area contributed by atoms with Gasteiger partial charge in [-0.2, -0.15) is 0 Å². The molecule has 6 heteroatoms. The van der Waals surface area contributed by atoms with Crippen molar-refractivity contribution in [3.63, 3.8) is 0 Å². The first-order valence-electron chi connectivity index (χ1n) is 6.82. The normalized spacial score (nSPS) is 24.1. The van der Waals surface area contributed by atoms with E-state index in [1.807, 2.05) is 0 Å². The molecule has 1 aliphatic heterocycles. The van der Waals surface area contributed by atoms with Crippen LogP contribution in [-0.2, 0) is 14.4 Å². The van der Waals surface area contributed by atoms with E-state index in [9.17, 15) is 19.5 Å². The Balaban J connectivity index is 2.12. The number of nitrogens with zero attached hydrogens (tertiary/aromatic N) is 1. The van der Waals surface area contributed by atoms with E-state index >= 15 is 0 Å². The highest BCUT2D eigenvalue weighted by atomic mass is 16.4. The van der Waals surface area contributed by atoms with Crippen LogP contribution in [0, 0.1) is 0 Å². The summed E-state index contributed by atoms with van der Waals surface area (Å²) >= 11 is 0. The minimum Gasteiger partial charge on any atom is -0.480 e. The number of carboxylic acids is 1. The Bertz CT molecular complexity index is 413. The zero-order chi connectivity index (χ0) is 14.2. The third-order valence-electron chi connectivity index (χ3n) is 4.16. The molecule has 6 nitrogen and oxygen atoms in total. The van der Waals surface area contributed by atoms with Gasteiger partial charge in [-0.3, -0.25) is 24.6 Å². The van der Waals surface area contributed by atoms with E-state index in [0.29, 0.717) is 12.8 Å². The second-order valence-electron chi connectivity index (χ2n) is 5.33. The van der Waals surface area contributed by atoms with E-state index in [0.717, 1.165) is 12.8 Å². The number of carbonyl (C=O) groups excluding carboxylic acids is 2. The Morgan fingerprint density at radius 2 is 1.95 bits per heavy atom. The molecule has 1 atom stereocenters. The van der Waals surface area contributed by atoms with Gasteiger partial charge in [0, 0.05) is 6.04 Å². The van der Waals surface area contributed by atoms with Crippen LogP contribution in [0.3, 0.4) is 0 Å². The molecule has 2 fully saturated rings. The summed E-state index contributed by atoms with van der Waals surface area (Å²) in [6.45, 7) is 3.54. The van der Waals surface area contributed by atoms with Gasteiger partial charge < -0.3 is 5.11 Å². The molecule has 1 unspecified atom stereocenters. The summed E-state index contributed by atoms with van der Waals surface area (Å²) in [5, 5.41) is 12.3. The Hall–Kier alpha value is -1.43. The van der Waals surface area contributed by atoms with E-state index in [-0.39, 0.29) is 24.3 Å². The van der Waals surface area contributed by atoms with Crippen LogP contribution in [0.25, 0.3) is 0 Å². The maximum atomic E-state index is 12.2. The van der Waals surface area contributed by atoms with E-state index in [2.05, 4.69) is 5.32 Å². The van der Waals surface area contributed by atoms with Gasteiger partial charge in [-0.25, -0.2) is 0 Å². The molecule has 106 valence electrons. The summed E-state index contributed by atoms with van der Waals surface area (Å²) in [6, 6.07) is -0.640. The molecule has 0 radical (unpaired) electrons. The molecule has 0 spiro atoms. The quantitative estimate of drug-likeness (QED) is 0.685. The Morgan fingerprint density at radius 3 is 2.37 bits per heavy atom. The van der Waals surface area contributed by atoms with Crippen LogP contribution in [0.15, 0.2) is 0 Å². The van der Waals surface area contributed by atoms with Crippen molar-refractivity contribution in [1.82, 2.24) is 10.2 Å². The monoisotopic (exact) mass is 268 g/mol. The number of likely N-dealkylation sites (tertiary alicyclic amines) is 1. The third kappa shape index (κ3) is 2.36. The molecule has 0 bridgehead atoms. The molecule has 1 saturated carbocycles. The highest BCUT2D eigenvalue weighted by Gasteiger charge is 2.49. The van der Waals surface area contributed by atoms with Crippen LogP contribution in [0.1, 0.15) is 46.0 Å². The predicted molar refractivity (Wildman–Crippen MR) is 67.4 cm³/mol. The highest BCUT2D eigenvalue weighted by molar-refractivity contribution is 6.06. The van der Waals surface area contributed by atoms with Crippen molar-refractivity contribution >= 4 is 17.8 Å². The van der Waals surface area contributed by atoms with Crippen LogP contribution >= 0.6 is 0 Å². The number of hydrogen-bond donors (Lipinski definition) is 2. The number of imide groups is 1. The number of amides is 2. The Labute approximate surface area is 112 Å². The largest absolute Gasteiger partial charge is 0.480 e. The minimum absolute atomic E-state index is 0.0503. The standard InChI is InChI=1S/C13H20N2O4/c1-3-13(4-2,12(18)19)14-9-7-10(16)15(11(9)17)8-5-6-8/h8-9,14H,3-7H2,1-2H3,(H,18,19). The lowest BCUT2D eigenvalue weighted by molar-refractivity contribution is -0.146. The molecule has 1 aliphatic carbocycles. The third-order valence-corrected chi connectivity index (χ3v) is 4.16. The first-order valence-corrected chi connectivity index (χ1v) is 6.82. The van der Waals surface area contributed by atoms with E-state index < -0.39 is 17.6 Å². The van der Waals surface area contributed by atoms with E-state index in [1.165, 1.54) is 4.90 Å². The van der Waals surface area contributed by atoms with Crippen LogP contribution in [0.2, 0.25) is 0 Å². The number of carbonyl (C=O) groups is 3. The lowest BCUT2D eigenvalue weighted by Gasteiger charge is -2.30. The van der Waals surface area contributed by atoms with Crippen molar-refractivity contribution in [1.29, 1.82) is 0 Å². The van der Waals surface area contributed by atoms with Gasteiger partial charge in [-0.1, -0.05) is 13.8 Å². The Morgan fingerprint density at radius 1 is 1.37 bits per heavy atom. The second kappa shape index (κ2) is 4.92. The van der Waals surface area contributed by atoms with Crippen molar-refractivity contribution in [3.05, 3.63) is 0 Å². The van der Waals surface area contributed by atoms with Crippen LogP contribution in [-0.4, -0.2) is 45.4 Å². The van der Waals surface area contributed by atoms with Gasteiger partial charge in [0.15, 0.2) is 0 Å². The molecular formula is C13H20N2O4. The molecular weight excluding hydrogens is 248 g/mol. The van der Waals surface area contributed by atoms with Gasteiger partial charge in [0.2, 0.25) is 11.8 Å². The fourth-order valence-corrected chi connectivity index (χ4v) is 2.63. The van der Waals surface area contributed by atoms with Crippen molar-refractivity contribution in [2.24, 2.45) is 0 Å². The predicted octanol–water partition coefficient (Wildman–Crippen LogP) is 0.509. The maximum absolute atomic E-state index is 12.2. The van der Waals surface area contributed by atoms with Crippen LogP contribution in [0.4, 0.5) is 0 Å². The molecule has 0 aromatic carbocycles. The average Bonchev–Trinajstić information content (AvgIpc) is 3.14. The molecule has 2 aliphatic rings. The zero-order valence-electron chi connectivity index (χ0n) is 11.3. The molecule has 19 heavy (non-hydrogen) atoms. The molecule has 2 N–H and O–H groups in total. The van der Waals surface area contributed by atoms with Crippen molar-refractivity contribution in [2.75, 3.05) is 0 Å². The van der Waals surface area contributed by atoms with Gasteiger partial charge >= 0.3 is 5.97 Å². The number of rotatable bonds is 6. The van der Waals surface area contributed by atoms with E-state index in [4.69, 9.17) is 0 Å². The minimum atomic E-state index is -1.12. The SMILES string of the molecule is CCC(CC)(NC1CC(=O)N(C2CC2)C1=O)C(=O)O.